The zero-order valence-corrected chi connectivity index (χ0v) is 38.7. The predicted molar refractivity (Wildman–Crippen MR) is 240 cm³/mol. The summed E-state index contributed by atoms with van der Waals surface area (Å²) in [4.78, 5) is 36.9. The first-order chi connectivity index (χ1) is 28.1. The molecule has 0 spiro atoms. The molecule has 0 aliphatic carbocycles. The van der Waals surface area contributed by atoms with Crippen LogP contribution >= 0.6 is 0 Å². The molecule has 2 unspecified atom stereocenters. The van der Waals surface area contributed by atoms with Gasteiger partial charge in [0.25, 0.3) is 0 Å². The average molecular weight is 820 g/mol. The summed E-state index contributed by atoms with van der Waals surface area (Å²) in [5.74, 6) is -1.74. The number of carboxylic acids is 1. The first-order valence-electron chi connectivity index (χ1n) is 24.4. The molecule has 8 heteroatoms. The number of nitrogens with zero attached hydrogens (tertiary/aromatic N) is 1. The van der Waals surface area contributed by atoms with Crippen molar-refractivity contribution in [2.75, 3.05) is 41.0 Å². The summed E-state index contributed by atoms with van der Waals surface area (Å²) in [6.45, 7) is 4.65. The first-order valence-corrected chi connectivity index (χ1v) is 24.4. The molecular weight excluding hydrogens is 727 g/mol. The molecule has 2 atom stereocenters. The van der Waals surface area contributed by atoms with E-state index in [-0.39, 0.29) is 42.7 Å². The third-order valence-corrected chi connectivity index (χ3v) is 11.1. The van der Waals surface area contributed by atoms with E-state index in [9.17, 15) is 19.5 Å². The number of esters is 2. The molecule has 0 N–H and O–H groups in total. The Kier molecular flexibility index (Phi) is 40.0. The molecule has 0 bridgehead atoms. The van der Waals surface area contributed by atoms with Gasteiger partial charge in [-0.05, 0) is 64.2 Å². The third-order valence-electron chi connectivity index (χ3n) is 11.1. The van der Waals surface area contributed by atoms with Crippen molar-refractivity contribution in [3.05, 3.63) is 24.3 Å². The van der Waals surface area contributed by atoms with E-state index >= 15 is 0 Å². The molecule has 58 heavy (non-hydrogen) atoms. The highest BCUT2D eigenvalue weighted by molar-refractivity contribution is 5.70. The summed E-state index contributed by atoms with van der Waals surface area (Å²) >= 11 is 0. The monoisotopic (exact) mass is 820 g/mol. The number of likely N-dealkylation sites (N-methyl/N-ethyl adjacent to an activating group) is 1. The predicted octanol–water partition coefficient (Wildman–Crippen LogP) is 12.3. The van der Waals surface area contributed by atoms with Gasteiger partial charge in [-0.3, -0.25) is 9.59 Å². The minimum Gasteiger partial charge on any atom is -0.544 e. The van der Waals surface area contributed by atoms with Crippen LogP contribution in [0.5, 0.6) is 0 Å². The van der Waals surface area contributed by atoms with Gasteiger partial charge in [0.2, 0.25) is 0 Å². The van der Waals surface area contributed by atoms with Gasteiger partial charge in [0.1, 0.15) is 12.6 Å². The van der Waals surface area contributed by atoms with Crippen molar-refractivity contribution in [2.24, 2.45) is 0 Å². The molecule has 0 aliphatic heterocycles. The van der Waals surface area contributed by atoms with Crippen LogP contribution in [0.25, 0.3) is 0 Å². The maximum atomic E-state index is 12.7. The van der Waals surface area contributed by atoms with Crippen LogP contribution in [0.15, 0.2) is 24.3 Å². The molecule has 8 nitrogen and oxygen atoms in total. The Labute approximate surface area is 358 Å². The lowest BCUT2D eigenvalue weighted by molar-refractivity contribution is -0.889. The van der Waals surface area contributed by atoms with Gasteiger partial charge in [-0.15, -0.1) is 0 Å². The number of hydrogen-bond donors (Lipinski definition) is 0. The lowest BCUT2D eigenvalue weighted by Crippen LogP contribution is -2.55. The lowest BCUT2D eigenvalue weighted by Gasteiger charge is -2.34. The molecular formula is C50H93NO7. The minimum atomic E-state index is -1.12. The molecule has 0 aromatic heterocycles. The first kappa shape index (κ1) is 55.8. The molecule has 0 aromatic rings. The summed E-state index contributed by atoms with van der Waals surface area (Å²) in [6, 6.07) is -0.725. The summed E-state index contributed by atoms with van der Waals surface area (Å²) in [7, 11) is 5.41. The Balaban J connectivity index is 4.22. The van der Waals surface area contributed by atoms with E-state index in [2.05, 4.69) is 38.2 Å². The maximum absolute atomic E-state index is 12.7. The number of allylic oxidation sites excluding steroid dienone is 4. The van der Waals surface area contributed by atoms with Gasteiger partial charge in [0, 0.05) is 19.3 Å². The van der Waals surface area contributed by atoms with Gasteiger partial charge in [-0.25, -0.2) is 0 Å². The molecule has 0 amide bonds. The molecule has 0 aromatic carbocycles. The Hall–Kier alpha value is -2.19. The highest BCUT2D eigenvalue weighted by atomic mass is 16.6. The van der Waals surface area contributed by atoms with E-state index in [4.69, 9.17) is 14.2 Å². The second kappa shape index (κ2) is 41.5. The summed E-state index contributed by atoms with van der Waals surface area (Å²) in [5, 5.41) is 11.6. The van der Waals surface area contributed by atoms with Gasteiger partial charge in [-0.2, -0.15) is 0 Å². The number of carbonyl (C=O) groups is 3. The van der Waals surface area contributed by atoms with Crippen LogP contribution in [0.3, 0.4) is 0 Å². The van der Waals surface area contributed by atoms with E-state index in [1.807, 2.05) is 0 Å². The molecule has 0 saturated heterocycles. The van der Waals surface area contributed by atoms with Gasteiger partial charge in [0.05, 0.1) is 40.3 Å². The van der Waals surface area contributed by atoms with Crippen molar-refractivity contribution < 1.29 is 38.2 Å². The zero-order chi connectivity index (χ0) is 42.8. The van der Waals surface area contributed by atoms with E-state index in [0.717, 1.165) is 51.4 Å². The summed E-state index contributed by atoms with van der Waals surface area (Å²) < 4.78 is 17.2. The van der Waals surface area contributed by atoms with Crippen molar-refractivity contribution in [2.45, 2.75) is 238 Å². The maximum Gasteiger partial charge on any atom is 0.306 e. The molecule has 0 heterocycles. The molecule has 0 radical (unpaired) electrons. The van der Waals surface area contributed by atoms with Crippen LogP contribution in [0, 0.1) is 0 Å². The van der Waals surface area contributed by atoms with Crippen molar-refractivity contribution in [1.29, 1.82) is 0 Å². The number of carboxylic acid groups (broad SMARTS) is 1. The van der Waals surface area contributed by atoms with Gasteiger partial charge in [-0.1, -0.05) is 167 Å². The van der Waals surface area contributed by atoms with Crippen LogP contribution in [0.2, 0.25) is 0 Å². The minimum absolute atomic E-state index is 0.0392. The second-order valence-electron chi connectivity index (χ2n) is 17.7. The van der Waals surface area contributed by atoms with Crippen LogP contribution in [-0.2, 0) is 28.6 Å². The number of hydrogen-bond acceptors (Lipinski definition) is 7. The standard InChI is InChI=1S/C50H93NO7/c1-6-8-10-12-14-16-18-20-21-22-23-24-25-26-27-28-29-31-33-35-37-39-41-49(53)58-46(44-56-43-42-47(50(54)55)51(3,4)5)45-57-48(52)40-38-36-34-32-30-19-17-15-13-11-9-7-2/h15,17,25-26,46-47H,6-14,16,18-24,27-45H2,1-5H3/b17-15+,26-25+. The molecule has 0 saturated carbocycles. The van der Waals surface area contributed by atoms with Gasteiger partial charge < -0.3 is 28.6 Å². The van der Waals surface area contributed by atoms with Crippen molar-refractivity contribution in [3.8, 4) is 0 Å². The van der Waals surface area contributed by atoms with Gasteiger partial charge in [0.15, 0.2) is 6.10 Å². The fourth-order valence-corrected chi connectivity index (χ4v) is 7.24. The SMILES string of the molecule is CCCCC/C=C/CCCCCCCC(=O)OCC(COCCC(C(=O)[O-])[N+](C)(C)C)OC(=O)CCCCCCCCC/C=C/CCCCCCCCCCCCC. The second-order valence-corrected chi connectivity index (χ2v) is 17.7. The van der Waals surface area contributed by atoms with Crippen molar-refractivity contribution >= 4 is 17.9 Å². The summed E-state index contributed by atoms with van der Waals surface area (Å²) in [6.07, 6.45) is 46.4. The van der Waals surface area contributed by atoms with Crippen LogP contribution in [0.1, 0.15) is 226 Å². The Bertz CT molecular complexity index is 1000. The Morgan fingerprint density at radius 2 is 0.862 bits per heavy atom. The third kappa shape index (κ3) is 39.3. The molecule has 0 aliphatic rings. The quantitative estimate of drug-likeness (QED) is 0.0261. The Morgan fingerprint density at radius 3 is 1.28 bits per heavy atom. The highest BCUT2D eigenvalue weighted by Crippen LogP contribution is 2.15. The number of carbonyl (C=O) groups excluding carboxylic acids is 3. The van der Waals surface area contributed by atoms with Crippen LogP contribution in [0.4, 0.5) is 0 Å². The number of ether oxygens (including phenoxy) is 3. The topological polar surface area (TPSA) is 102 Å². The van der Waals surface area contributed by atoms with E-state index in [0.29, 0.717) is 12.8 Å². The normalized spacial score (nSPS) is 13.1. The van der Waals surface area contributed by atoms with Gasteiger partial charge >= 0.3 is 11.9 Å². The number of quaternary nitrogens is 1. The lowest BCUT2D eigenvalue weighted by atomic mass is 10.0. The molecule has 340 valence electrons. The Morgan fingerprint density at radius 1 is 0.500 bits per heavy atom. The summed E-state index contributed by atoms with van der Waals surface area (Å²) in [5.41, 5.74) is 0. The van der Waals surface area contributed by atoms with Crippen molar-refractivity contribution in [1.82, 2.24) is 0 Å². The number of rotatable bonds is 44. The molecule has 0 rings (SSSR count). The van der Waals surface area contributed by atoms with E-state index < -0.39 is 18.1 Å². The molecule has 0 fully saturated rings. The van der Waals surface area contributed by atoms with Crippen LogP contribution in [-0.4, -0.2) is 75.5 Å². The fourth-order valence-electron chi connectivity index (χ4n) is 7.24. The highest BCUT2D eigenvalue weighted by Gasteiger charge is 2.25. The van der Waals surface area contributed by atoms with Crippen LogP contribution < -0.4 is 5.11 Å². The largest absolute Gasteiger partial charge is 0.544 e. The van der Waals surface area contributed by atoms with E-state index in [1.54, 1.807) is 21.1 Å². The average Bonchev–Trinajstić information content (AvgIpc) is 3.18. The number of aliphatic carboxylic acids is 1. The van der Waals surface area contributed by atoms with E-state index in [1.165, 1.54) is 141 Å². The smallest absolute Gasteiger partial charge is 0.306 e. The number of unbranched alkanes of at least 4 members (excludes halogenated alkanes) is 26. The zero-order valence-electron chi connectivity index (χ0n) is 38.7. The fraction of sp³-hybridized carbons (Fsp3) is 0.860. The van der Waals surface area contributed by atoms with Crippen molar-refractivity contribution in [3.63, 3.8) is 0 Å².